The summed E-state index contributed by atoms with van der Waals surface area (Å²) in [5, 5.41) is 8.42. The third-order valence-corrected chi connectivity index (χ3v) is 1.52. The van der Waals surface area contributed by atoms with E-state index in [1.807, 2.05) is 0 Å². The van der Waals surface area contributed by atoms with Crippen LogP contribution in [0, 0.1) is 11.8 Å². The predicted molar refractivity (Wildman–Crippen MR) is 27.9 cm³/mol. The molecule has 0 radical (unpaired) electrons. The number of carbonyl (C=O) groups is 1. The minimum Gasteiger partial charge on any atom is -0.396 e. The zero-order valence-electron chi connectivity index (χ0n) is 4.50. The first-order chi connectivity index (χ1) is 3.75. The molecule has 3 N–H and O–H groups in total. The highest BCUT2D eigenvalue weighted by Crippen LogP contribution is 2.36. The molecule has 0 aliphatic heterocycles. The number of rotatable bonds is 2. The Kier molecular flexibility index (Phi) is 1.21. The summed E-state index contributed by atoms with van der Waals surface area (Å²) < 4.78 is 0. The normalized spacial score (nSPS) is 34.6. The van der Waals surface area contributed by atoms with Gasteiger partial charge in [-0.1, -0.05) is 0 Å². The first kappa shape index (κ1) is 5.56. The Morgan fingerprint density at radius 2 is 2.50 bits per heavy atom. The highest BCUT2D eigenvalue weighted by atomic mass is 16.3. The van der Waals surface area contributed by atoms with Crippen LogP contribution in [0.3, 0.4) is 0 Å². The lowest BCUT2D eigenvalue weighted by molar-refractivity contribution is -0.119. The van der Waals surface area contributed by atoms with Gasteiger partial charge in [0.2, 0.25) is 5.91 Å². The molecule has 0 aromatic carbocycles. The van der Waals surface area contributed by atoms with Gasteiger partial charge in [-0.2, -0.15) is 0 Å². The molecule has 0 bridgehead atoms. The Hall–Kier alpha value is -0.570. The molecule has 0 aromatic rings. The third-order valence-electron chi connectivity index (χ3n) is 1.52. The fourth-order valence-electron chi connectivity index (χ4n) is 0.798. The van der Waals surface area contributed by atoms with E-state index in [-0.39, 0.29) is 24.3 Å². The Labute approximate surface area is 47.5 Å². The van der Waals surface area contributed by atoms with E-state index in [0.29, 0.717) is 0 Å². The van der Waals surface area contributed by atoms with Crippen molar-refractivity contribution in [3.8, 4) is 0 Å². The number of aliphatic hydroxyl groups excluding tert-OH is 1. The first-order valence-electron chi connectivity index (χ1n) is 2.66. The highest BCUT2D eigenvalue weighted by Gasteiger charge is 2.40. The molecule has 3 heteroatoms. The number of hydrogen-bond acceptors (Lipinski definition) is 2. The van der Waals surface area contributed by atoms with Crippen molar-refractivity contribution in [2.75, 3.05) is 6.61 Å². The molecule has 0 saturated heterocycles. The average Bonchev–Trinajstić information content (AvgIpc) is 2.42. The summed E-state index contributed by atoms with van der Waals surface area (Å²) in [6.45, 7) is 0.105. The van der Waals surface area contributed by atoms with Gasteiger partial charge in [0.15, 0.2) is 0 Å². The largest absolute Gasteiger partial charge is 0.396 e. The van der Waals surface area contributed by atoms with E-state index in [9.17, 15) is 4.79 Å². The van der Waals surface area contributed by atoms with Gasteiger partial charge in [-0.15, -0.1) is 0 Å². The molecule has 0 unspecified atom stereocenters. The van der Waals surface area contributed by atoms with Gasteiger partial charge >= 0.3 is 0 Å². The smallest absolute Gasteiger partial charge is 0.220 e. The molecule has 3 nitrogen and oxygen atoms in total. The van der Waals surface area contributed by atoms with Crippen LogP contribution in [0.5, 0.6) is 0 Å². The van der Waals surface area contributed by atoms with Crippen molar-refractivity contribution in [2.45, 2.75) is 6.42 Å². The minimum atomic E-state index is -0.274. The van der Waals surface area contributed by atoms with E-state index < -0.39 is 0 Å². The molecule has 46 valence electrons. The van der Waals surface area contributed by atoms with Gasteiger partial charge in [-0.05, 0) is 12.3 Å². The van der Waals surface area contributed by atoms with Crippen LogP contribution in [0.1, 0.15) is 6.42 Å². The zero-order chi connectivity index (χ0) is 6.15. The van der Waals surface area contributed by atoms with Crippen molar-refractivity contribution in [1.82, 2.24) is 0 Å². The summed E-state index contributed by atoms with van der Waals surface area (Å²) in [4.78, 5) is 10.2. The van der Waals surface area contributed by atoms with E-state index in [0.717, 1.165) is 6.42 Å². The molecule has 1 rings (SSSR count). The maximum atomic E-state index is 10.2. The van der Waals surface area contributed by atoms with Crippen molar-refractivity contribution in [2.24, 2.45) is 17.6 Å². The quantitative estimate of drug-likeness (QED) is 0.490. The Morgan fingerprint density at radius 1 is 1.88 bits per heavy atom. The Bertz CT molecular complexity index is 113. The molecule has 0 heterocycles. The molecule has 0 aromatic heterocycles. The van der Waals surface area contributed by atoms with Crippen LogP contribution in [0.2, 0.25) is 0 Å². The molecule has 1 fully saturated rings. The molecule has 8 heavy (non-hydrogen) atoms. The van der Waals surface area contributed by atoms with Crippen LogP contribution in [0.25, 0.3) is 0 Å². The van der Waals surface area contributed by atoms with E-state index >= 15 is 0 Å². The van der Waals surface area contributed by atoms with Gasteiger partial charge in [-0.25, -0.2) is 0 Å². The maximum Gasteiger partial charge on any atom is 0.220 e. The van der Waals surface area contributed by atoms with Gasteiger partial charge in [0.25, 0.3) is 0 Å². The second kappa shape index (κ2) is 1.74. The molecule has 1 aliphatic carbocycles. The fourth-order valence-corrected chi connectivity index (χ4v) is 0.798. The first-order valence-corrected chi connectivity index (χ1v) is 2.66. The number of carbonyl (C=O) groups excluding carboxylic acids is 1. The van der Waals surface area contributed by atoms with Gasteiger partial charge in [0.1, 0.15) is 0 Å². The van der Waals surface area contributed by atoms with Crippen molar-refractivity contribution >= 4 is 5.91 Å². The average molecular weight is 115 g/mol. The lowest BCUT2D eigenvalue weighted by Gasteiger charge is -1.85. The second-order valence-corrected chi connectivity index (χ2v) is 2.19. The number of hydrogen-bond donors (Lipinski definition) is 2. The van der Waals surface area contributed by atoms with E-state index in [1.54, 1.807) is 0 Å². The van der Waals surface area contributed by atoms with Crippen molar-refractivity contribution in [1.29, 1.82) is 0 Å². The summed E-state index contributed by atoms with van der Waals surface area (Å²) in [5.74, 6) is -0.128. The van der Waals surface area contributed by atoms with E-state index in [2.05, 4.69) is 0 Å². The summed E-state index contributed by atoms with van der Waals surface area (Å²) in [6.07, 6.45) is 0.784. The topological polar surface area (TPSA) is 63.3 Å². The summed E-state index contributed by atoms with van der Waals surface area (Å²) in [7, 11) is 0. The molecule has 1 aliphatic rings. The van der Waals surface area contributed by atoms with Crippen LogP contribution >= 0.6 is 0 Å². The lowest BCUT2D eigenvalue weighted by atomic mass is 10.3. The fraction of sp³-hybridized carbons (Fsp3) is 0.800. The summed E-state index contributed by atoms with van der Waals surface area (Å²) >= 11 is 0. The van der Waals surface area contributed by atoms with Crippen molar-refractivity contribution < 1.29 is 9.90 Å². The molecule has 1 saturated carbocycles. The van der Waals surface area contributed by atoms with Crippen LogP contribution < -0.4 is 5.73 Å². The highest BCUT2D eigenvalue weighted by molar-refractivity contribution is 5.79. The van der Waals surface area contributed by atoms with Gasteiger partial charge in [0, 0.05) is 12.5 Å². The number of nitrogens with two attached hydrogens (primary N) is 1. The van der Waals surface area contributed by atoms with Crippen LogP contribution in [-0.2, 0) is 4.79 Å². The molecular formula is C5H9NO2. The summed E-state index contributed by atoms with van der Waals surface area (Å²) in [6, 6.07) is 0. The van der Waals surface area contributed by atoms with E-state index in [1.165, 1.54) is 0 Å². The Balaban J connectivity index is 2.26. The number of aliphatic hydroxyl groups is 1. The molecular weight excluding hydrogens is 106 g/mol. The predicted octanol–water partition coefficient (Wildman–Crippen LogP) is -0.900. The minimum absolute atomic E-state index is 0.0278. The van der Waals surface area contributed by atoms with Crippen molar-refractivity contribution in [3.63, 3.8) is 0 Å². The standard InChI is InChI=1S/C5H9NO2/c6-5(8)4-1-3(4)2-7/h3-4,7H,1-2H2,(H2,6,8)/t3-,4+/m1/s1. The third kappa shape index (κ3) is 0.816. The van der Waals surface area contributed by atoms with Gasteiger partial charge in [0.05, 0.1) is 0 Å². The van der Waals surface area contributed by atoms with Crippen LogP contribution in [0.4, 0.5) is 0 Å². The lowest BCUT2D eigenvalue weighted by Crippen LogP contribution is -2.14. The molecule has 0 spiro atoms. The summed E-state index contributed by atoms with van der Waals surface area (Å²) in [5.41, 5.74) is 4.91. The van der Waals surface area contributed by atoms with Gasteiger partial charge < -0.3 is 10.8 Å². The van der Waals surface area contributed by atoms with E-state index in [4.69, 9.17) is 10.8 Å². The SMILES string of the molecule is NC(=O)[C@H]1C[C@@H]1CO. The van der Waals surface area contributed by atoms with Gasteiger partial charge in [-0.3, -0.25) is 4.79 Å². The number of primary amides is 1. The molecule has 1 amide bonds. The Morgan fingerprint density at radius 3 is 2.62 bits per heavy atom. The van der Waals surface area contributed by atoms with Crippen LogP contribution in [-0.4, -0.2) is 17.6 Å². The van der Waals surface area contributed by atoms with Crippen LogP contribution in [0.15, 0.2) is 0 Å². The van der Waals surface area contributed by atoms with Crippen molar-refractivity contribution in [3.05, 3.63) is 0 Å². The second-order valence-electron chi connectivity index (χ2n) is 2.19. The maximum absolute atomic E-state index is 10.2. The number of amides is 1. The monoisotopic (exact) mass is 115 g/mol. The zero-order valence-corrected chi connectivity index (χ0v) is 4.50. The molecule has 2 atom stereocenters.